The smallest absolute Gasteiger partial charge is 0.222 e. The molecule has 3 rings (SSSR count). The molecule has 1 aliphatic rings. The Labute approximate surface area is 140 Å². The van der Waals surface area contributed by atoms with E-state index in [2.05, 4.69) is 51.1 Å². The van der Waals surface area contributed by atoms with Crippen LogP contribution < -0.4 is 0 Å². The van der Waals surface area contributed by atoms with Crippen LogP contribution in [0.5, 0.6) is 0 Å². The quantitative estimate of drug-likeness (QED) is 0.807. The van der Waals surface area contributed by atoms with Crippen molar-refractivity contribution >= 4 is 21.8 Å². The number of hydrogen-bond acceptors (Lipinski definition) is 1. The van der Waals surface area contributed by atoms with Gasteiger partial charge in [-0.3, -0.25) is 4.79 Å². The van der Waals surface area contributed by atoms with Gasteiger partial charge in [0.25, 0.3) is 0 Å². The summed E-state index contributed by atoms with van der Waals surface area (Å²) in [5.74, 6) is 0.279. The highest BCUT2D eigenvalue weighted by Crippen LogP contribution is 2.23. The van der Waals surface area contributed by atoms with Gasteiger partial charge in [-0.25, -0.2) is 0 Å². The number of carbonyl (C=O) groups is 1. The number of amides is 1. The summed E-state index contributed by atoms with van der Waals surface area (Å²) in [5.41, 5.74) is 1.21. The number of likely N-dealkylation sites (tertiary alicyclic amines) is 1. The number of aromatic nitrogens is 1. The molecule has 1 aliphatic heterocycles. The highest BCUT2D eigenvalue weighted by Gasteiger charge is 2.23. The van der Waals surface area contributed by atoms with Crippen LogP contribution in [0, 0.1) is 0 Å². The van der Waals surface area contributed by atoms with Gasteiger partial charge in [0.1, 0.15) is 0 Å². The van der Waals surface area contributed by atoms with Crippen LogP contribution in [0.25, 0.3) is 0 Å². The summed E-state index contributed by atoms with van der Waals surface area (Å²) in [7, 11) is 0. The Morgan fingerprint density at radius 1 is 1.09 bits per heavy atom. The number of nitrogens with zero attached hydrogens (tertiary/aromatic N) is 2. The fourth-order valence-electron chi connectivity index (χ4n) is 3.11. The SMILES string of the molecule is O=C(CCc1ccccc1Br)N1CCC(n2cccc2)CC1. The van der Waals surface area contributed by atoms with Crippen molar-refractivity contribution in [3.05, 3.63) is 58.8 Å². The van der Waals surface area contributed by atoms with Gasteiger partial charge in [0.15, 0.2) is 0 Å². The maximum Gasteiger partial charge on any atom is 0.222 e. The summed E-state index contributed by atoms with van der Waals surface area (Å²) in [6, 6.07) is 12.8. The summed E-state index contributed by atoms with van der Waals surface area (Å²) < 4.78 is 3.36. The molecule has 4 heteroatoms. The van der Waals surface area contributed by atoms with Crippen LogP contribution in [0.15, 0.2) is 53.3 Å². The Balaban J connectivity index is 1.49. The summed E-state index contributed by atoms with van der Waals surface area (Å²) in [6.45, 7) is 1.75. The zero-order valence-electron chi connectivity index (χ0n) is 12.6. The summed E-state index contributed by atoms with van der Waals surface area (Å²) in [5, 5.41) is 0. The third-order valence-corrected chi connectivity index (χ3v) is 5.21. The lowest BCUT2D eigenvalue weighted by atomic mass is 10.0. The van der Waals surface area contributed by atoms with Crippen LogP contribution in [-0.2, 0) is 11.2 Å². The number of hydrogen-bond donors (Lipinski definition) is 0. The van der Waals surface area contributed by atoms with Gasteiger partial charge in [-0.05, 0) is 43.0 Å². The lowest BCUT2D eigenvalue weighted by Crippen LogP contribution is -2.39. The second-order valence-corrected chi connectivity index (χ2v) is 6.69. The van der Waals surface area contributed by atoms with Crippen LogP contribution in [0.1, 0.15) is 30.9 Å². The highest BCUT2D eigenvalue weighted by molar-refractivity contribution is 9.10. The minimum atomic E-state index is 0.279. The molecule has 1 amide bonds. The first-order valence-electron chi connectivity index (χ1n) is 7.87. The van der Waals surface area contributed by atoms with E-state index in [4.69, 9.17) is 0 Å². The molecule has 1 saturated heterocycles. The Hall–Kier alpha value is -1.55. The van der Waals surface area contributed by atoms with Gasteiger partial charge in [0, 0.05) is 42.4 Å². The van der Waals surface area contributed by atoms with E-state index in [1.165, 1.54) is 5.56 Å². The molecular formula is C18H21BrN2O. The fraction of sp³-hybridized carbons (Fsp3) is 0.389. The van der Waals surface area contributed by atoms with Crippen LogP contribution >= 0.6 is 15.9 Å². The molecule has 0 unspecified atom stereocenters. The van der Waals surface area contributed by atoms with Crippen molar-refractivity contribution in [1.82, 2.24) is 9.47 Å². The molecule has 0 atom stereocenters. The van der Waals surface area contributed by atoms with E-state index in [1.807, 2.05) is 23.1 Å². The van der Waals surface area contributed by atoms with Gasteiger partial charge in [-0.2, -0.15) is 0 Å². The van der Waals surface area contributed by atoms with Gasteiger partial charge in [0.05, 0.1) is 0 Å². The molecule has 0 aliphatic carbocycles. The zero-order valence-corrected chi connectivity index (χ0v) is 14.2. The van der Waals surface area contributed by atoms with Crippen LogP contribution in [0.2, 0.25) is 0 Å². The summed E-state index contributed by atoms with van der Waals surface area (Å²) >= 11 is 3.54. The second-order valence-electron chi connectivity index (χ2n) is 5.83. The van der Waals surface area contributed by atoms with Crippen molar-refractivity contribution in [2.45, 2.75) is 31.7 Å². The van der Waals surface area contributed by atoms with E-state index in [1.54, 1.807) is 0 Å². The minimum Gasteiger partial charge on any atom is -0.351 e. The number of aryl methyl sites for hydroxylation is 1. The van der Waals surface area contributed by atoms with Crippen molar-refractivity contribution < 1.29 is 4.79 Å². The van der Waals surface area contributed by atoms with Gasteiger partial charge in [0.2, 0.25) is 5.91 Å². The van der Waals surface area contributed by atoms with E-state index in [-0.39, 0.29) is 5.91 Å². The molecule has 0 radical (unpaired) electrons. The number of halogens is 1. The van der Waals surface area contributed by atoms with Crippen LogP contribution in [0.4, 0.5) is 0 Å². The maximum atomic E-state index is 12.4. The summed E-state index contributed by atoms with van der Waals surface area (Å²) in [4.78, 5) is 14.4. The third-order valence-electron chi connectivity index (χ3n) is 4.43. The standard InChI is InChI=1S/C18H21BrN2O/c19-17-6-2-1-5-15(17)7-8-18(22)21-13-9-16(10-14-21)20-11-3-4-12-20/h1-6,11-12,16H,7-10,13-14H2. The van der Waals surface area contributed by atoms with Crippen LogP contribution in [-0.4, -0.2) is 28.5 Å². The number of rotatable bonds is 4. The van der Waals surface area contributed by atoms with E-state index < -0.39 is 0 Å². The molecule has 2 aromatic rings. The Morgan fingerprint density at radius 2 is 1.77 bits per heavy atom. The predicted octanol–water partition coefficient (Wildman–Crippen LogP) is 4.05. The van der Waals surface area contributed by atoms with Crippen molar-refractivity contribution in [1.29, 1.82) is 0 Å². The molecule has 116 valence electrons. The first-order valence-corrected chi connectivity index (χ1v) is 8.67. The van der Waals surface area contributed by atoms with E-state index >= 15 is 0 Å². The molecule has 2 heterocycles. The molecular weight excluding hydrogens is 340 g/mol. The average Bonchev–Trinajstić information content (AvgIpc) is 3.08. The lowest BCUT2D eigenvalue weighted by Gasteiger charge is -2.33. The van der Waals surface area contributed by atoms with E-state index in [0.29, 0.717) is 12.5 Å². The monoisotopic (exact) mass is 360 g/mol. The maximum absolute atomic E-state index is 12.4. The molecule has 1 aromatic carbocycles. The molecule has 0 saturated carbocycles. The van der Waals surface area contributed by atoms with Gasteiger partial charge in [-0.15, -0.1) is 0 Å². The van der Waals surface area contributed by atoms with Crippen molar-refractivity contribution in [2.24, 2.45) is 0 Å². The number of carbonyl (C=O) groups excluding carboxylic acids is 1. The molecule has 1 aromatic heterocycles. The van der Waals surface area contributed by atoms with Crippen molar-refractivity contribution in [2.75, 3.05) is 13.1 Å². The van der Waals surface area contributed by atoms with Gasteiger partial charge in [-0.1, -0.05) is 34.1 Å². The first kappa shape index (κ1) is 15.3. The lowest BCUT2D eigenvalue weighted by molar-refractivity contribution is -0.132. The third kappa shape index (κ3) is 3.61. The predicted molar refractivity (Wildman–Crippen MR) is 91.7 cm³/mol. The normalized spacial score (nSPS) is 16.0. The average molecular weight is 361 g/mol. The molecule has 22 heavy (non-hydrogen) atoms. The van der Waals surface area contributed by atoms with Crippen molar-refractivity contribution in [3.8, 4) is 0 Å². The van der Waals surface area contributed by atoms with Crippen LogP contribution in [0.3, 0.4) is 0 Å². The van der Waals surface area contributed by atoms with Gasteiger partial charge >= 0.3 is 0 Å². The fourth-order valence-corrected chi connectivity index (χ4v) is 3.59. The van der Waals surface area contributed by atoms with Crippen molar-refractivity contribution in [3.63, 3.8) is 0 Å². The minimum absolute atomic E-state index is 0.279. The Morgan fingerprint density at radius 3 is 2.45 bits per heavy atom. The zero-order chi connectivity index (χ0) is 15.4. The molecule has 1 fully saturated rings. The Bertz CT molecular complexity index is 616. The molecule has 0 N–H and O–H groups in total. The molecule has 0 spiro atoms. The molecule has 3 nitrogen and oxygen atoms in total. The second kappa shape index (κ2) is 7.14. The summed E-state index contributed by atoms with van der Waals surface area (Å²) in [6.07, 6.45) is 7.74. The first-order chi connectivity index (χ1) is 10.7. The van der Waals surface area contributed by atoms with Gasteiger partial charge < -0.3 is 9.47 Å². The number of piperidine rings is 1. The topological polar surface area (TPSA) is 25.2 Å². The number of benzene rings is 1. The Kier molecular flexibility index (Phi) is 4.98. The largest absolute Gasteiger partial charge is 0.351 e. The van der Waals surface area contributed by atoms with E-state index in [0.717, 1.165) is 36.8 Å². The molecule has 0 bridgehead atoms. The van der Waals surface area contributed by atoms with E-state index in [9.17, 15) is 4.79 Å². The highest BCUT2D eigenvalue weighted by atomic mass is 79.9.